The summed E-state index contributed by atoms with van der Waals surface area (Å²) in [5, 5.41) is 0. The Bertz CT molecular complexity index is 120. The van der Waals surface area contributed by atoms with E-state index in [2.05, 4.69) is 15.9 Å². The minimum absolute atomic E-state index is 0.865. The lowest BCUT2D eigenvalue weighted by molar-refractivity contribution is 0.200. The lowest BCUT2D eigenvalue weighted by atomic mass is 9.72. The molecule has 0 amide bonds. The van der Waals surface area contributed by atoms with Crippen molar-refractivity contribution >= 4 is 15.9 Å². The first-order chi connectivity index (χ1) is 4.86. The minimum atomic E-state index is 0.865. The van der Waals surface area contributed by atoms with Gasteiger partial charge in [-0.1, -0.05) is 28.8 Å². The van der Waals surface area contributed by atoms with Gasteiger partial charge in [0.2, 0.25) is 0 Å². The molecule has 0 radical (unpaired) electrons. The SMILES string of the molecule is BrC1CC[C@H]2CCC[C@@H]1C2. The van der Waals surface area contributed by atoms with Crippen molar-refractivity contribution < 1.29 is 0 Å². The van der Waals surface area contributed by atoms with E-state index in [1.165, 1.54) is 38.5 Å². The molecule has 0 N–H and O–H groups in total. The number of fused-ring (bicyclic) bond motifs is 2. The molecule has 0 saturated heterocycles. The van der Waals surface area contributed by atoms with Crippen LogP contribution < -0.4 is 0 Å². The maximum atomic E-state index is 3.78. The zero-order valence-electron chi connectivity index (χ0n) is 6.35. The molecule has 2 bridgehead atoms. The Labute approximate surface area is 71.5 Å². The molecule has 0 aliphatic heterocycles. The standard InChI is InChI=1S/C9H15Br/c10-9-5-4-7-2-1-3-8(9)6-7/h7-9H,1-6H2/t7-,8-,9?/m1/s1. The molecule has 58 valence electrons. The van der Waals surface area contributed by atoms with Crippen LogP contribution in [0.2, 0.25) is 0 Å². The van der Waals surface area contributed by atoms with E-state index < -0.39 is 0 Å². The average molecular weight is 203 g/mol. The van der Waals surface area contributed by atoms with Gasteiger partial charge in [0.1, 0.15) is 0 Å². The van der Waals surface area contributed by atoms with E-state index in [-0.39, 0.29) is 0 Å². The van der Waals surface area contributed by atoms with Crippen molar-refractivity contribution in [2.24, 2.45) is 11.8 Å². The molecule has 1 heteroatoms. The molecule has 2 rings (SSSR count). The fourth-order valence-corrected chi connectivity index (χ4v) is 3.30. The van der Waals surface area contributed by atoms with Crippen LogP contribution >= 0.6 is 15.9 Å². The van der Waals surface area contributed by atoms with Gasteiger partial charge < -0.3 is 0 Å². The Kier molecular flexibility index (Phi) is 2.03. The molecule has 0 aromatic carbocycles. The molecule has 10 heavy (non-hydrogen) atoms. The summed E-state index contributed by atoms with van der Waals surface area (Å²) >= 11 is 3.78. The first-order valence-electron chi connectivity index (χ1n) is 4.50. The van der Waals surface area contributed by atoms with E-state index in [1.54, 1.807) is 0 Å². The van der Waals surface area contributed by atoms with Crippen LogP contribution in [0.1, 0.15) is 38.5 Å². The third kappa shape index (κ3) is 1.25. The van der Waals surface area contributed by atoms with Gasteiger partial charge in [0.05, 0.1) is 0 Å². The molecule has 2 saturated carbocycles. The molecule has 0 heterocycles. The number of halogens is 1. The van der Waals surface area contributed by atoms with Crippen LogP contribution in [-0.2, 0) is 0 Å². The normalized spacial score (nSPS) is 47.1. The number of hydrogen-bond donors (Lipinski definition) is 0. The first kappa shape index (κ1) is 7.15. The monoisotopic (exact) mass is 202 g/mol. The van der Waals surface area contributed by atoms with Crippen LogP contribution in [0.4, 0.5) is 0 Å². The van der Waals surface area contributed by atoms with Gasteiger partial charge in [0.25, 0.3) is 0 Å². The third-order valence-corrected chi connectivity index (χ3v) is 4.39. The fourth-order valence-electron chi connectivity index (χ4n) is 2.55. The molecule has 0 nitrogen and oxygen atoms in total. The quantitative estimate of drug-likeness (QED) is 0.529. The van der Waals surface area contributed by atoms with E-state index in [1.807, 2.05) is 0 Å². The predicted molar refractivity (Wildman–Crippen MR) is 47.4 cm³/mol. The second-order valence-corrected chi connectivity index (χ2v) is 5.06. The summed E-state index contributed by atoms with van der Waals surface area (Å²) in [4.78, 5) is 0.865. The van der Waals surface area contributed by atoms with Crippen LogP contribution in [0.5, 0.6) is 0 Å². The largest absolute Gasteiger partial charge is 0.0888 e. The van der Waals surface area contributed by atoms with Crippen LogP contribution in [-0.4, -0.2) is 4.83 Å². The van der Waals surface area contributed by atoms with E-state index in [0.29, 0.717) is 0 Å². The highest BCUT2D eigenvalue weighted by Crippen LogP contribution is 2.42. The number of rotatable bonds is 0. The highest BCUT2D eigenvalue weighted by atomic mass is 79.9. The molecule has 2 aliphatic rings. The molecule has 3 atom stereocenters. The van der Waals surface area contributed by atoms with Crippen LogP contribution in [0.3, 0.4) is 0 Å². The zero-order valence-corrected chi connectivity index (χ0v) is 7.94. The maximum Gasteiger partial charge on any atom is 0.0174 e. The molecule has 1 unspecified atom stereocenters. The number of alkyl halides is 1. The maximum absolute atomic E-state index is 3.78. The van der Waals surface area contributed by atoms with Crippen LogP contribution in [0.25, 0.3) is 0 Å². The van der Waals surface area contributed by atoms with Gasteiger partial charge in [-0.25, -0.2) is 0 Å². The van der Waals surface area contributed by atoms with Crippen molar-refractivity contribution in [2.45, 2.75) is 43.4 Å². The lowest BCUT2D eigenvalue weighted by Gasteiger charge is -2.37. The Morgan fingerprint density at radius 3 is 2.70 bits per heavy atom. The summed E-state index contributed by atoms with van der Waals surface area (Å²) in [6, 6.07) is 0. The van der Waals surface area contributed by atoms with Crippen LogP contribution in [0.15, 0.2) is 0 Å². The summed E-state index contributed by atoms with van der Waals surface area (Å²) in [6.45, 7) is 0. The summed E-state index contributed by atoms with van der Waals surface area (Å²) in [5.74, 6) is 2.14. The van der Waals surface area contributed by atoms with Crippen LogP contribution in [0, 0.1) is 11.8 Å². The highest BCUT2D eigenvalue weighted by Gasteiger charge is 2.31. The highest BCUT2D eigenvalue weighted by molar-refractivity contribution is 9.09. The van der Waals surface area contributed by atoms with E-state index >= 15 is 0 Å². The molecular formula is C9H15Br. The first-order valence-corrected chi connectivity index (χ1v) is 5.42. The Balaban J connectivity index is 2.00. The fraction of sp³-hybridized carbons (Fsp3) is 1.00. The van der Waals surface area contributed by atoms with Gasteiger partial charge in [-0.15, -0.1) is 0 Å². The topological polar surface area (TPSA) is 0 Å². The van der Waals surface area contributed by atoms with Gasteiger partial charge in [0, 0.05) is 4.83 Å². The Hall–Kier alpha value is 0.480. The van der Waals surface area contributed by atoms with Crippen molar-refractivity contribution in [3.63, 3.8) is 0 Å². The van der Waals surface area contributed by atoms with Crippen molar-refractivity contribution in [3.05, 3.63) is 0 Å². The van der Waals surface area contributed by atoms with Gasteiger partial charge in [-0.05, 0) is 37.5 Å². The Morgan fingerprint density at radius 2 is 1.90 bits per heavy atom. The van der Waals surface area contributed by atoms with E-state index in [4.69, 9.17) is 0 Å². The van der Waals surface area contributed by atoms with E-state index in [0.717, 1.165) is 16.7 Å². The Morgan fingerprint density at radius 1 is 1.00 bits per heavy atom. The smallest absolute Gasteiger partial charge is 0.0174 e. The summed E-state index contributed by atoms with van der Waals surface area (Å²) in [5.41, 5.74) is 0. The zero-order chi connectivity index (χ0) is 6.97. The van der Waals surface area contributed by atoms with Gasteiger partial charge in [-0.2, -0.15) is 0 Å². The molecule has 0 aromatic rings. The van der Waals surface area contributed by atoms with Gasteiger partial charge in [0.15, 0.2) is 0 Å². The van der Waals surface area contributed by atoms with E-state index in [9.17, 15) is 0 Å². The second-order valence-electron chi connectivity index (χ2n) is 3.89. The molecule has 2 aliphatic carbocycles. The summed E-state index contributed by atoms with van der Waals surface area (Å²) < 4.78 is 0. The van der Waals surface area contributed by atoms with Crippen molar-refractivity contribution in [1.29, 1.82) is 0 Å². The molecular weight excluding hydrogens is 188 g/mol. The van der Waals surface area contributed by atoms with Crippen molar-refractivity contribution in [2.75, 3.05) is 0 Å². The van der Waals surface area contributed by atoms with Gasteiger partial charge >= 0.3 is 0 Å². The lowest BCUT2D eigenvalue weighted by Crippen LogP contribution is -2.28. The summed E-state index contributed by atoms with van der Waals surface area (Å²) in [7, 11) is 0. The number of hydrogen-bond acceptors (Lipinski definition) is 0. The second kappa shape index (κ2) is 2.84. The minimum Gasteiger partial charge on any atom is -0.0888 e. The van der Waals surface area contributed by atoms with Gasteiger partial charge in [-0.3, -0.25) is 0 Å². The predicted octanol–water partition coefficient (Wildman–Crippen LogP) is 3.35. The summed E-state index contributed by atoms with van der Waals surface area (Å²) in [6.07, 6.45) is 8.97. The average Bonchev–Trinajstić information content (AvgIpc) is 1.99. The van der Waals surface area contributed by atoms with Crippen molar-refractivity contribution in [1.82, 2.24) is 0 Å². The molecule has 0 aromatic heterocycles. The molecule has 0 spiro atoms. The van der Waals surface area contributed by atoms with Crippen molar-refractivity contribution in [3.8, 4) is 0 Å². The third-order valence-electron chi connectivity index (χ3n) is 3.19. The molecule has 2 fully saturated rings.